The lowest BCUT2D eigenvalue weighted by atomic mass is 10.1. The summed E-state index contributed by atoms with van der Waals surface area (Å²) in [5, 5.41) is 1.93. The van der Waals surface area contributed by atoms with Crippen LogP contribution in [0.25, 0.3) is 11.2 Å². The Hall–Kier alpha value is -1.89. The summed E-state index contributed by atoms with van der Waals surface area (Å²) in [7, 11) is 1.66. The Balaban J connectivity index is 2.17. The summed E-state index contributed by atoms with van der Waals surface area (Å²) in [4.78, 5) is 31.6. The summed E-state index contributed by atoms with van der Waals surface area (Å²) in [5.41, 5.74) is 0.883. The van der Waals surface area contributed by atoms with Gasteiger partial charge < -0.3 is 5.01 Å². The van der Waals surface area contributed by atoms with Gasteiger partial charge in [-0.1, -0.05) is 0 Å². The number of rotatable bonds is 1. The van der Waals surface area contributed by atoms with Crippen molar-refractivity contribution in [1.29, 1.82) is 0 Å². The van der Waals surface area contributed by atoms with Gasteiger partial charge in [-0.3, -0.25) is 9.36 Å². The van der Waals surface area contributed by atoms with E-state index in [0.29, 0.717) is 37.1 Å². The maximum Gasteiger partial charge on any atom is 0.349 e. The van der Waals surface area contributed by atoms with Gasteiger partial charge in [0.05, 0.1) is 6.20 Å². The second-order valence-electron chi connectivity index (χ2n) is 4.49. The van der Waals surface area contributed by atoms with Gasteiger partial charge in [0.15, 0.2) is 5.65 Å². The Morgan fingerprint density at radius 3 is 2.63 bits per heavy atom. The molecule has 2 aromatic rings. The highest BCUT2D eigenvalue weighted by Gasteiger charge is 2.22. The van der Waals surface area contributed by atoms with Crippen molar-refractivity contribution in [3.05, 3.63) is 22.0 Å². The van der Waals surface area contributed by atoms with E-state index < -0.39 is 0 Å². The molecule has 19 heavy (non-hydrogen) atoms. The predicted molar refractivity (Wildman–Crippen MR) is 70.0 cm³/mol. The molecule has 0 saturated carbocycles. The fraction of sp³-hybridized carbons (Fsp3) is 0.455. The van der Waals surface area contributed by atoms with Crippen LogP contribution in [0.5, 0.6) is 0 Å². The average molecular weight is 282 g/mol. The molecule has 0 aromatic carbocycles. The molecule has 0 amide bonds. The number of carbonyl (C=O) groups excluding carboxylic acids is 1. The molecule has 1 saturated heterocycles. The fourth-order valence-corrected chi connectivity index (χ4v) is 2.40. The number of halogens is 1. The van der Waals surface area contributed by atoms with Gasteiger partial charge in [0.1, 0.15) is 11.3 Å². The van der Waals surface area contributed by atoms with Crippen molar-refractivity contribution in [3.63, 3.8) is 0 Å². The molecule has 100 valence electrons. The molecule has 0 spiro atoms. The van der Waals surface area contributed by atoms with Crippen molar-refractivity contribution in [2.75, 3.05) is 18.1 Å². The summed E-state index contributed by atoms with van der Waals surface area (Å²) >= 11 is 5.79. The number of fused-ring (bicyclic) bond motifs is 1. The van der Waals surface area contributed by atoms with Crippen molar-refractivity contribution >= 4 is 28.5 Å². The standard InChI is InChI=1S/C11H12ClN5O2/c1-15-8-6-13-10(12)14-9(8)17(11(15)19)16-4-2-7(18)3-5-16/h6H,2-5H2,1H3. The van der Waals surface area contributed by atoms with E-state index in [1.807, 2.05) is 5.01 Å². The molecule has 3 rings (SSSR count). The monoisotopic (exact) mass is 281 g/mol. The van der Waals surface area contributed by atoms with E-state index in [1.54, 1.807) is 7.05 Å². The zero-order valence-electron chi connectivity index (χ0n) is 10.3. The Kier molecular flexibility index (Phi) is 2.78. The Labute approximate surface area is 113 Å². The van der Waals surface area contributed by atoms with E-state index >= 15 is 0 Å². The molecule has 8 heteroatoms. The average Bonchev–Trinajstić information content (AvgIpc) is 2.63. The van der Waals surface area contributed by atoms with Gasteiger partial charge in [0, 0.05) is 33.0 Å². The molecule has 0 unspecified atom stereocenters. The number of ketones is 1. The Bertz CT molecular complexity index is 710. The number of nitrogens with zero attached hydrogens (tertiary/aromatic N) is 5. The van der Waals surface area contributed by atoms with E-state index in [-0.39, 0.29) is 16.8 Å². The highest BCUT2D eigenvalue weighted by molar-refractivity contribution is 6.28. The lowest BCUT2D eigenvalue weighted by Crippen LogP contribution is -2.47. The SMILES string of the molecule is Cn1c(=O)n(N2CCC(=O)CC2)c2nc(Cl)ncc21. The van der Waals surface area contributed by atoms with Crippen LogP contribution >= 0.6 is 11.6 Å². The third-order valence-corrected chi connectivity index (χ3v) is 3.51. The second kappa shape index (κ2) is 4.34. The van der Waals surface area contributed by atoms with E-state index in [1.165, 1.54) is 15.4 Å². The van der Waals surface area contributed by atoms with Gasteiger partial charge in [-0.05, 0) is 11.6 Å². The number of piperidine rings is 1. The van der Waals surface area contributed by atoms with Crippen LogP contribution in [0.2, 0.25) is 5.28 Å². The van der Waals surface area contributed by atoms with E-state index in [4.69, 9.17) is 11.6 Å². The van der Waals surface area contributed by atoms with Gasteiger partial charge >= 0.3 is 5.69 Å². The van der Waals surface area contributed by atoms with Crippen molar-refractivity contribution < 1.29 is 4.79 Å². The van der Waals surface area contributed by atoms with Crippen LogP contribution in [0.4, 0.5) is 0 Å². The van der Waals surface area contributed by atoms with Crippen LogP contribution in [-0.2, 0) is 11.8 Å². The smallest absolute Gasteiger partial charge is 0.306 e. The normalized spacial score (nSPS) is 16.3. The molecule has 1 aliphatic heterocycles. The van der Waals surface area contributed by atoms with E-state index in [0.717, 1.165) is 0 Å². The summed E-state index contributed by atoms with van der Waals surface area (Å²) in [6, 6.07) is 0. The number of hydrogen-bond donors (Lipinski definition) is 0. The Morgan fingerprint density at radius 2 is 1.95 bits per heavy atom. The zero-order valence-corrected chi connectivity index (χ0v) is 11.1. The first-order valence-corrected chi connectivity index (χ1v) is 6.32. The first kappa shape index (κ1) is 12.2. The highest BCUT2D eigenvalue weighted by Crippen LogP contribution is 2.13. The highest BCUT2D eigenvalue weighted by atomic mass is 35.5. The van der Waals surface area contributed by atoms with E-state index in [9.17, 15) is 9.59 Å². The lowest BCUT2D eigenvalue weighted by Gasteiger charge is -2.27. The van der Waals surface area contributed by atoms with Crippen LogP contribution in [0.3, 0.4) is 0 Å². The molecule has 3 heterocycles. The molecule has 7 nitrogen and oxygen atoms in total. The molecule has 2 aromatic heterocycles. The number of aryl methyl sites for hydroxylation is 1. The van der Waals surface area contributed by atoms with Crippen molar-refractivity contribution in [2.45, 2.75) is 12.8 Å². The maximum atomic E-state index is 12.3. The third kappa shape index (κ3) is 1.90. The minimum atomic E-state index is -0.207. The summed E-state index contributed by atoms with van der Waals surface area (Å²) in [5.74, 6) is 0.220. The van der Waals surface area contributed by atoms with Crippen molar-refractivity contribution in [1.82, 2.24) is 19.2 Å². The number of hydrogen-bond acceptors (Lipinski definition) is 5. The van der Waals surface area contributed by atoms with Gasteiger partial charge in [-0.15, -0.1) is 0 Å². The summed E-state index contributed by atoms with van der Waals surface area (Å²) in [6.45, 7) is 1.03. The van der Waals surface area contributed by atoms with Crippen molar-refractivity contribution in [2.24, 2.45) is 7.05 Å². The zero-order chi connectivity index (χ0) is 13.6. The molecular weight excluding hydrogens is 270 g/mol. The minimum absolute atomic E-state index is 0.0972. The molecule has 0 atom stereocenters. The quantitative estimate of drug-likeness (QED) is 0.693. The van der Waals surface area contributed by atoms with Crippen LogP contribution in [0.15, 0.2) is 11.0 Å². The number of aromatic nitrogens is 4. The molecule has 0 aliphatic carbocycles. The molecule has 1 aliphatic rings. The van der Waals surface area contributed by atoms with Crippen molar-refractivity contribution in [3.8, 4) is 0 Å². The number of Topliss-reactive ketones (excluding diaryl/α,β-unsaturated/α-hetero) is 1. The maximum absolute atomic E-state index is 12.3. The molecule has 1 fully saturated rings. The fourth-order valence-electron chi connectivity index (χ4n) is 2.27. The second-order valence-corrected chi connectivity index (χ2v) is 4.83. The number of carbonyl (C=O) groups is 1. The van der Waals surface area contributed by atoms with Crippen LogP contribution in [-0.4, -0.2) is 38.1 Å². The largest absolute Gasteiger partial charge is 0.349 e. The Morgan fingerprint density at radius 1 is 1.26 bits per heavy atom. The predicted octanol–water partition coefficient (Wildman–Crippen LogP) is 0.0843. The molecule has 0 bridgehead atoms. The van der Waals surface area contributed by atoms with Gasteiger partial charge in [0.2, 0.25) is 5.28 Å². The van der Waals surface area contributed by atoms with Crippen LogP contribution in [0, 0.1) is 0 Å². The van der Waals surface area contributed by atoms with E-state index in [2.05, 4.69) is 9.97 Å². The molecule has 0 N–H and O–H groups in total. The first-order valence-electron chi connectivity index (χ1n) is 5.95. The van der Waals surface area contributed by atoms with Gasteiger partial charge in [0.25, 0.3) is 0 Å². The van der Waals surface area contributed by atoms with Gasteiger partial charge in [-0.25, -0.2) is 9.78 Å². The third-order valence-electron chi connectivity index (χ3n) is 3.33. The van der Waals surface area contributed by atoms with Gasteiger partial charge in [-0.2, -0.15) is 9.66 Å². The number of imidazole rings is 1. The van der Waals surface area contributed by atoms with Crippen LogP contribution < -0.4 is 10.7 Å². The van der Waals surface area contributed by atoms with Crippen LogP contribution in [0.1, 0.15) is 12.8 Å². The molecule has 0 radical (unpaired) electrons. The lowest BCUT2D eigenvalue weighted by molar-refractivity contribution is -0.119. The minimum Gasteiger partial charge on any atom is -0.306 e. The first-order chi connectivity index (χ1) is 9.08. The summed E-state index contributed by atoms with van der Waals surface area (Å²) in [6.07, 6.45) is 2.42. The summed E-state index contributed by atoms with van der Waals surface area (Å²) < 4.78 is 2.96. The topological polar surface area (TPSA) is 73.0 Å². The molecular formula is C11H12ClN5O2.